The lowest BCUT2D eigenvalue weighted by Crippen LogP contribution is -2.24. The number of hydrogen-bond acceptors (Lipinski definition) is 3. The molecule has 0 saturated carbocycles. The summed E-state index contributed by atoms with van der Waals surface area (Å²) in [5.74, 6) is 0.282. The van der Waals surface area contributed by atoms with E-state index >= 15 is 0 Å². The van der Waals surface area contributed by atoms with Crippen LogP contribution in [0.25, 0.3) is 0 Å². The second-order valence-electron chi connectivity index (χ2n) is 3.99. The largest absolute Gasteiger partial charge is 0.308 e. The van der Waals surface area contributed by atoms with Crippen molar-refractivity contribution in [2.75, 3.05) is 0 Å². The fraction of sp³-hybridized carbons (Fsp3) is 0.500. The lowest BCUT2D eigenvalue weighted by Gasteiger charge is -2.08. The molecule has 82 valence electrons. The predicted octanol–water partition coefficient (Wildman–Crippen LogP) is 1.72. The Hall–Kier alpha value is -1.65. The fourth-order valence-corrected chi connectivity index (χ4v) is 1.39. The number of hydrogen-bond donors (Lipinski definition) is 0. The zero-order valence-electron chi connectivity index (χ0n) is 9.06. The third-order valence-corrected chi connectivity index (χ3v) is 2.02. The molecule has 0 atom stereocenters. The molecule has 0 aromatic carbocycles. The van der Waals surface area contributed by atoms with Gasteiger partial charge in [0.15, 0.2) is 0 Å². The first-order valence-electron chi connectivity index (χ1n) is 4.77. The summed E-state index contributed by atoms with van der Waals surface area (Å²) in [5, 5.41) is 10.6. The van der Waals surface area contributed by atoms with Crippen molar-refractivity contribution in [1.82, 2.24) is 4.57 Å². The highest BCUT2D eigenvalue weighted by Gasteiger charge is 2.11. The average molecular weight is 210 g/mol. The van der Waals surface area contributed by atoms with Crippen molar-refractivity contribution in [1.29, 1.82) is 0 Å². The first-order valence-corrected chi connectivity index (χ1v) is 4.77. The molecule has 0 aliphatic rings. The highest BCUT2D eigenvalue weighted by atomic mass is 16.6. The Kier molecular flexibility index (Phi) is 3.24. The maximum absolute atomic E-state index is 11.6. The average Bonchev–Trinajstić information content (AvgIpc) is 2.11. The van der Waals surface area contributed by atoms with Crippen LogP contribution in [0.3, 0.4) is 0 Å². The van der Waals surface area contributed by atoms with E-state index in [1.54, 1.807) is 6.92 Å². The number of nitrogens with zero attached hydrogens (tertiary/aromatic N) is 2. The zero-order valence-corrected chi connectivity index (χ0v) is 9.06. The van der Waals surface area contributed by atoms with Gasteiger partial charge in [-0.15, -0.1) is 0 Å². The summed E-state index contributed by atoms with van der Waals surface area (Å²) in [5.41, 5.74) is 0.215. The highest BCUT2D eigenvalue weighted by molar-refractivity contribution is 5.30. The molecule has 5 nitrogen and oxygen atoms in total. The SMILES string of the molecule is Cc1cc([N+](=O)[O-])cn(CC(C)C)c1=O. The lowest BCUT2D eigenvalue weighted by atomic mass is 10.2. The summed E-state index contributed by atoms with van der Waals surface area (Å²) < 4.78 is 1.40. The van der Waals surface area contributed by atoms with E-state index in [2.05, 4.69) is 0 Å². The maximum Gasteiger partial charge on any atom is 0.286 e. The van der Waals surface area contributed by atoms with Gasteiger partial charge < -0.3 is 4.57 Å². The van der Waals surface area contributed by atoms with Crippen LogP contribution in [0, 0.1) is 23.0 Å². The molecule has 15 heavy (non-hydrogen) atoms. The van der Waals surface area contributed by atoms with E-state index < -0.39 is 4.92 Å². The van der Waals surface area contributed by atoms with Gasteiger partial charge in [-0.3, -0.25) is 14.9 Å². The summed E-state index contributed by atoms with van der Waals surface area (Å²) in [7, 11) is 0. The molecule has 0 unspecified atom stereocenters. The van der Waals surface area contributed by atoms with Crippen LogP contribution >= 0.6 is 0 Å². The molecule has 0 aliphatic carbocycles. The van der Waals surface area contributed by atoms with E-state index in [0.29, 0.717) is 12.1 Å². The Bertz CT molecular complexity index is 435. The molecular weight excluding hydrogens is 196 g/mol. The zero-order chi connectivity index (χ0) is 11.6. The van der Waals surface area contributed by atoms with Gasteiger partial charge in [-0.1, -0.05) is 13.8 Å². The molecule has 0 saturated heterocycles. The first kappa shape index (κ1) is 11.4. The number of aryl methyl sites for hydroxylation is 1. The van der Waals surface area contributed by atoms with Crippen molar-refractivity contribution >= 4 is 5.69 Å². The fourth-order valence-electron chi connectivity index (χ4n) is 1.39. The van der Waals surface area contributed by atoms with Gasteiger partial charge in [0, 0.05) is 18.2 Å². The van der Waals surface area contributed by atoms with Gasteiger partial charge in [0.2, 0.25) is 0 Å². The van der Waals surface area contributed by atoms with Crippen molar-refractivity contribution in [3.63, 3.8) is 0 Å². The Morgan fingerprint density at radius 3 is 2.60 bits per heavy atom. The molecule has 0 spiro atoms. The second-order valence-corrected chi connectivity index (χ2v) is 3.99. The van der Waals surface area contributed by atoms with Crippen molar-refractivity contribution in [3.8, 4) is 0 Å². The maximum atomic E-state index is 11.6. The summed E-state index contributed by atoms with van der Waals surface area (Å²) in [4.78, 5) is 21.7. The summed E-state index contributed by atoms with van der Waals surface area (Å²) >= 11 is 0. The number of rotatable bonds is 3. The van der Waals surface area contributed by atoms with Crippen molar-refractivity contribution in [3.05, 3.63) is 38.3 Å². The van der Waals surface area contributed by atoms with Crippen molar-refractivity contribution in [2.24, 2.45) is 5.92 Å². The van der Waals surface area contributed by atoms with E-state index in [-0.39, 0.29) is 17.2 Å². The van der Waals surface area contributed by atoms with Crippen LogP contribution in [0.2, 0.25) is 0 Å². The van der Waals surface area contributed by atoms with Crippen molar-refractivity contribution in [2.45, 2.75) is 27.3 Å². The summed E-state index contributed by atoms with van der Waals surface area (Å²) in [6.07, 6.45) is 1.30. The van der Waals surface area contributed by atoms with Gasteiger partial charge in [-0.25, -0.2) is 0 Å². The second kappa shape index (κ2) is 4.25. The van der Waals surface area contributed by atoms with Gasteiger partial charge >= 0.3 is 0 Å². The summed E-state index contributed by atoms with van der Waals surface area (Å²) in [6.45, 7) is 6.01. The van der Waals surface area contributed by atoms with Gasteiger partial charge in [-0.2, -0.15) is 0 Å². The van der Waals surface area contributed by atoms with E-state index in [0.717, 1.165) is 0 Å². The first-order chi connectivity index (χ1) is 6.91. The minimum atomic E-state index is -0.483. The standard InChI is InChI=1S/C10H14N2O3/c1-7(2)5-11-6-9(12(14)15)4-8(3)10(11)13/h4,6-7H,5H2,1-3H3. The van der Waals surface area contributed by atoms with Crippen LogP contribution in [0.15, 0.2) is 17.1 Å². The number of aromatic nitrogens is 1. The van der Waals surface area contributed by atoms with Gasteiger partial charge in [0.05, 0.1) is 11.1 Å². The van der Waals surface area contributed by atoms with Gasteiger partial charge in [-0.05, 0) is 12.8 Å². The Morgan fingerprint density at radius 1 is 1.53 bits per heavy atom. The molecule has 0 fully saturated rings. The highest BCUT2D eigenvalue weighted by Crippen LogP contribution is 2.10. The lowest BCUT2D eigenvalue weighted by molar-refractivity contribution is -0.385. The third-order valence-electron chi connectivity index (χ3n) is 2.02. The molecule has 1 heterocycles. The minimum absolute atomic E-state index is 0.0345. The monoisotopic (exact) mass is 210 g/mol. The van der Waals surface area contributed by atoms with Gasteiger partial charge in [0.1, 0.15) is 0 Å². The third kappa shape index (κ3) is 2.65. The Balaban J connectivity index is 3.25. The van der Waals surface area contributed by atoms with Crippen LogP contribution in [0.1, 0.15) is 19.4 Å². The van der Waals surface area contributed by atoms with Crippen LogP contribution in [-0.4, -0.2) is 9.49 Å². The molecule has 1 aromatic rings. The Morgan fingerprint density at radius 2 is 2.13 bits per heavy atom. The van der Waals surface area contributed by atoms with Crippen molar-refractivity contribution < 1.29 is 4.92 Å². The molecule has 1 aromatic heterocycles. The van der Waals surface area contributed by atoms with E-state index in [1.807, 2.05) is 13.8 Å². The van der Waals surface area contributed by atoms with E-state index in [9.17, 15) is 14.9 Å². The van der Waals surface area contributed by atoms with Crippen LogP contribution in [0.5, 0.6) is 0 Å². The number of nitro groups is 1. The van der Waals surface area contributed by atoms with Crippen LogP contribution in [-0.2, 0) is 6.54 Å². The van der Waals surface area contributed by atoms with E-state index in [4.69, 9.17) is 0 Å². The molecular formula is C10H14N2O3. The quantitative estimate of drug-likeness (QED) is 0.563. The molecule has 0 N–H and O–H groups in total. The number of pyridine rings is 1. The molecule has 0 amide bonds. The smallest absolute Gasteiger partial charge is 0.286 e. The molecule has 1 rings (SSSR count). The topological polar surface area (TPSA) is 65.1 Å². The predicted molar refractivity (Wildman–Crippen MR) is 56.9 cm³/mol. The molecule has 0 bridgehead atoms. The van der Waals surface area contributed by atoms with E-state index in [1.165, 1.54) is 16.8 Å². The normalized spacial score (nSPS) is 10.7. The molecule has 0 aliphatic heterocycles. The minimum Gasteiger partial charge on any atom is -0.308 e. The molecule has 5 heteroatoms. The van der Waals surface area contributed by atoms with Gasteiger partial charge in [0.25, 0.3) is 11.2 Å². The summed E-state index contributed by atoms with van der Waals surface area (Å²) in [6, 6.07) is 1.30. The Labute approximate surface area is 87.5 Å². The van der Waals surface area contributed by atoms with Crippen LogP contribution < -0.4 is 5.56 Å². The van der Waals surface area contributed by atoms with Crippen LogP contribution in [0.4, 0.5) is 5.69 Å². The molecule has 0 radical (unpaired) electrons.